The summed E-state index contributed by atoms with van der Waals surface area (Å²) in [7, 11) is 0. The lowest BCUT2D eigenvalue weighted by Crippen LogP contribution is -2.30. The fraction of sp³-hybridized carbons (Fsp3) is 0.0769. The first-order valence-corrected chi connectivity index (χ1v) is 6.74. The Morgan fingerprint density at radius 2 is 2.20 bits per heavy atom. The van der Waals surface area contributed by atoms with E-state index in [0.29, 0.717) is 22.3 Å². The molecule has 3 aromatic rings. The van der Waals surface area contributed by atoms with E-state index >= 15 is 0 Å². The summed E-state index contributed by atoms with van der Waals surface area (Å²) >= 11 is 1.09. The number of carbonyl (C=O) groups excluding carboxylic acids is 1. The maximum Gasteiger partial charge on any atom is 0.307 e. The lowest BCUT2D eigenvalue weighted by molar-refractivity contribution is 0.0953. The molecule has 2 heterocycles. The highest BCUT2D eigenvalue weighted by Crippen LogP contribution is 2.26. The van der Waals surface area contributed by atoms with E-state index in [1.165, 1.54) is 4.57 Å². The number of benzene rings is 1. The number of nitrogens with one attached hydrogen (secondary N) is 1. The van der Waals surface area contributed by atoms with Crippen LogP contribution in [0.15, 0.2) is 45.1 Å². The Balaban J connectivity index is 2.16. The number of hydrazine groups is 1. The minimum atomic E-state index is -0.437. The van der Waals surface area contributed by atoms with E-state index < -0.39 is 5.91 Å². The Bertz CT molecular complexity index is 831. The first-order valence-electron chi connectivity index (χ1n) is 5.86. The van der Waals surface area contributed by atoms with Crippen molar-refractivity contribution in [1.29, 1.82) is 0 Å². The standard InChI is InChI=1S/C13H11N3O3S/c14-15-12(17)11-8-3-1-2-4-9(8)19-10(11)7-16-5-6-20-13(16)18/h1-6H,7,14H2,(H,15,17). The van der Waals surface area contributed by atoms with Crippen LogP contribution in [0.2, 0.25) is 0 Å². The molecule has 0 fully saturated rings. The van der Waals surface area contributed by atoms with Gasteiger partial charge in [-0.05, 0) is 6.07 Å². The van der Waals surface area contributed by atoms with Crippen LogP contribution in [0.5, 0.6) is 0 Å². The molecule has 0 atom stereocenters. The van der Waals surface area contributed by atoms with Gasteiger partial charge in [0.1, 0.15) is 11.3 Å². The minimum Gasteiger partial charge on any atom is -0.458 e. The summed E-state index contributed by atoms with van der Waals surface area (Å²) in [5.74, 6) is 5.19. The second-order valence-corrected chi connectivity index (χ2v) is 5.02. The molecule has 0 aliphatic carbocycles. The number of nitrogen functional groups attached to an aromatic ring is 1. The second kappa shape index (κ2) is 4.95. The summed E-state index contributed by atoms with van der Waals surface area (Å²) in [6.45, 7) is 0.194. The SMILES string of the molecule is NNC(=O)c1c(Cn2ccsc2=O)oc2ccccc12. The number of para-hydroxylation sites is 1. The zero-order valence-corrected chi connectivity index (χ0v) is 11.1. The van der Waals surface area contributed by atoms with Crippen molar-refractivity contribution in [3.8, 4) is 0 Å². The van der Waals surface area contributed by atoms with Gasteiger partial charge in [-0.25, -0.2) is 5.84 Å². The highest BCUT2D eigenvalue weighted by molar-refractivity contribution is 7.07. The van der Waals surface area contributed by atoms with Crippen molar-refractivity contribution in [2.45, 2.75) is 6.54 Å². The second-order valence-electron chi connectivity index (χ2n) is 4.17. The largest absolute Gasteiger partial charge is 0.458 e. The number of furan rings is 1. The molecular weight excluding hydrogens is 278 g/mol. The molecular formula is C13H11N3O3S. The number of thiazole rings is 1. The van der Waals surface area contributed by atoms with Crippen LogP contribution >= 0.6 is 11.3 Å². The van der Waals surface area contributed by atoms with E-state index in [2.05, 4.69) is 5.43 Å². The highest BCUT2D eigenvalue weighted by atomic mass is 32.1. The molecule has 1 aromatic carbocycles. The van der Waals surface area contributed by atoms with Crippen molar-refractivity contribution in [3.63, 3.8) is 0 Å². The average molecular weight is 289 g/mol. The van der Waals surface area contributed by atoms with Gasteiger partial charge in [-0.1, -0.05) is 29.5 Å². The Kier molecular flexibility index (Phi) is 3.13. The van der Waals surface area contributed by atoms with E-state index in [0.717, 1.165) is 11.3 Å². The predicted octanol–water partition coefficient (Wildman–Crippen LogP) is 1.31. The molecule has 2 aromatic heterocycles. The third-order valence-corrected chi connectivity index (χ3v) is 3.68. The Hall–Kier alpha value is -2.38. The van der Waals surface area contributed by atoms with Gasteiger partial charge in [0.05, 0.1) is 12.1 Å². The van der Waals surface area contributed by atoms with Gasteiger partial charge in [-0.15, -0.1) is 0 Å². The summed E-state index contributed by atoms with van der Waals surface area (Å²) in [4.78, 5) is 23.4. The molecule has 0 aliphatic heterocycles. The third-order valence-electron chi connectivity index (χ3n) is 2.98. The van der Waals surface area contributed by atoms with E-state index in [9.17, 15) is 9.59 Å². The topological polar surface area (TPSA) is 90.3 Å². The molecule has 3 rings (SSSR count). The van der Waals surface area contributed by atoms with Gasteiger partial charge in [-0.3, -0.25) is 19.6 Å². The van der Waals surface area contributed by atoms with Gasteiger partial charge in [0.15, 0.2) is 0 Å². The van der Waals surface area contributed by atoms with Crippen molar-refractivity contribution in [1.82, 2.24) is 9.99 Å². The number of carbonyl (C=O) groups is 1. The van der Waals surface area contributed by atoms with E-state index in [-0.39, 0.29) is 11.4 Å². The fourth-order valence-electron chi connectivity index (χ4n) is 2.09. The molecule has 7 heteroatoms. The maximum atomic E-state index is 11.9. The van der Waals surface area contributed by atoms with Crippen LogP contribution in [0.3, 0.4) is 0 Å². The third kappa shape index (κ3) is 2.02. The van der Waals surface area contributed by atoms with Crippen LogP contribution in [0.1, 0.15) is 16.1 Å². The van der Waals surface area contributed by atoms with Gasteiger partial charge in [0.25, 0.3) is 5.91 Å². The summed E-state index contributed by atoms with van der Waals surface area (Å²) in [5.41, 5.74) is 3.06. The van der Waals surface area contributed by atoms with Crippen LogP contribution in [0, 0.1) is 0 Å². The Morgan fingerprint density at radius 1 is 1.40 bits per heavy atom. The number of hydrogen-bond acceptors (Lipinski definition) is 5. The van der Waals surface area contributed by atoms with Crippen molar-refractivity contribution in [2.24, 2.45) is 5.84 Å². The van der Waals surface area contributed by atoms with Crippen LogP contribution in [0.4, 0.5) is 0 Å². The molecule has 6 nitrogen and oxygen atoms in total. The normalized spacial score (nSPS) is 10.8. The van der Waals surface area contributed by atoms with Crippen molar-refractivity contribution in [3.05, 3.63) is 56.8 Å². The summed E-state index contributed by atoms with van der Waals surface area (Å²) < 4.78 is 7.16. The zero-order valence-electron chi connectivity index (χ0n) is 10.3. The van der Waals surface area contributed by atoms with Gasteiger partial charge in [0.2, 0.25) is 0 Å². The summed E-state index contributed by atoms with van der Waals surface area (Å²) in [6, 6.07) is 7.17. The van der Waals surface area contributed by atoms with Gasteiger partial charge in [-0.2, -0.15) is 0 Å². The molecule has 0 bridgehead atoms. The van der Waals surface area contributed by atoms with Crippen LogP contribution < -0.4 is 16.1 Å². The van der Waals surface area contributed by atoms with Crippen LogP contribution in [0.25, 0.3) is 11.0 Å². The van der Waals surface area contributed by atoms with Crippen molar-refractivity contribution >= 4 is 28.2 Å². The number of nitrogens with zero attached hydrogens (tertiary/aromatic N) is 1. The molecule has 102 valence electrons. The number of aromatic nitrogens is 1. The summed E-state index contributed by atoms with van der Waals surface area (Å²) in [5, 5.41) is 2.36. The first kappa shape index (κ1) is 12.6. The van der Waals surface area contributed by atoms with Crippen molar-refractivity contribution in [2.75, 3.05) is 0 Å². The predicted molar refractivity (Wildman–Crippen MR) is 75.5 cm³/mol. The number of nitrogens with two attached hydrogens (primary N) is 1. The van der Waals surface area contributed by atoms with E-state index in [4.69, 9.17) is 10.3 Å². The number of hydrogen-bond donors (Lipinski definition) is 2. The molecule has 0 unspecified atom stereocenters. The zero-order chi connectivity index (χ0) is 14.1. The minimum absolute atomic E-state index is 0.107. The maximum absolute atomic E-state index is 11.9. The number of amides is 1. The van der Waals surface area contributed by atoms with E-state index in [1.807, 2.05) is 12.1 Å². The monoisotopic (exact) mass is 289 g/mol. The first-order chi connectivity index (χ1) is 9.70. The van der Waals surface area contributed by atoms with Crippen LogP contribution in [-0.2, 0) is 6.54 Å². The molecule has 0 aliphatic rings. The quantitative estimate of drug-likeness (QED) is 0.432. The lowest BCUT2D eigenvalue weighted by Gasteiger charge is -2.02. The van der Waals surface area contributed by atoms with Crippen LogP contribution in [-0.4, -0.2) is 10.5 Å². The van der Waals surface area contributed by atoms with E-state index in [1.54, 1.807) is 23.7 Å². The molecule has 1 amide bonds. The average Bonchev–Trinajstić information content (AvgIpc) is 3.02. The lowest BCUT2D eigenvalue weighted by atomic mass is 10.1. The fourth-order valence-corrected chi connectivity index (χ4v) is 2.68. The molecule has 3 N–H and O–H groups in total. The number of rotatable bonds is 3. The smallest absolute Gasteiger partial charge is 0.307 e. The Morgan fingerprint density at radius 3 is 2.90 bits per heavy atom. The molecule has 0 radical (unpaired) electrons. The molecule has 20 heavy (non-hydrogen) atoms. The Labute approximate surface area is 117 Å². The molecule has 0 spiro atoms. The molecule has 0 saturated carbocycles. The van der Waals surface area contributed by atoms with Crippen molar-refractivity contribution < 1.29 is 9.21 Å². The highest BCUT2D eigenvalue weighted by Gasteiger charge is 2.20. The number of fused-ring (bicyclic) bond motifs is 1. The summed E-state index contributed by atoms with van der Waals surface area (Å²) in [6.07, 6.45) is 1.66. The van der Waals surface area contributed by atoms with Gasteiger partial charge < -0.3 is 4.42 Å². The molecule has 0 saturated heterocycles. The van der Waals surface area contributed by atoms with Gasteiger partial charge >= 0.3 is 4.87 Å². The van der Waals surface area contributed by atoms with Gasteiger partial charge in [0, 0.05) is 17.0 Å².